The molecule has 2 aromatic rings. The van der Waals surface area contributed by atoms with E-state index in [-0.39, 0.29) is 18.1 Å². The summed E-state index contributed by atoms with van der Waals surface area (Å²) in [5.41, 5.74) is 9.14. The van der Waals surface area contributed by atoms with Crippen molar-refractivity contribution in [2.75, 3.05) is 18.9 Å². The van der Waals surface area contributed by atoms with Crippen molar-refractivity contribution in [3.8, 4) is 0 Å². The number of hydrogen-bond donors (Lipinski definition) is 1. The number of nitrogens with two attached hydrogens (primary N) is 1. The predicted octanol–water partition coefficient (Wildman–Crippen LogP) is 2.37. The van der Waals surface area contributed by atoms with Gasteiger partial charge in [-0.15, -0.1) is 0 Å². The Morgan fingerprint density at radius 2 is 1.92 bits per heavy atom. The number of aryl methyl sites for hydroxylation is 1. The second kappa shape index (κ2) is 7.17. The molecule has 1 heterocycles. The summed E-state index contributed by atoms with van der Waals surface area (Å²) >= 11 is 0. The number of benzene rings is 2. The average molecular weight is 337 g/mol. The summed E-state index contributed by atoms with van der Waals surface area (Å²) in [5.74, 6) is -0.966. The first-order valence-corrected chi connectivity index (χ1v) is 8.01. The van der Waals surface area contributed by atoms with Crippen LogP contribution in [-0.4, -0.2) is 35.7 Å². The van der Waals surface area contributed by atoms with Crippen molar-refractivity contribution >= 4 is 23.3 Å². The van der Waals surface area contributed by atoms with Crippen LogP contribution in [0.2, 0.25) is 0 Å². The molecule has 0 fully saturated rings. The molecule has 0 bridgehead atoms. The molecular weight excluding hydrogens is 318 g/mol. The van der Waals surface area contributed by atoms with Crippen molar-refractivity contribution in [2.24, 2.45) is 5.10 Å². The van der Waals surface area contributed by atoms with Gasteiger partial charge in [0.15, 0.2) is 6.61 Å². The van der Waals surface area contributed by atoms with Gasteiger partial charge in [0.1, 0.15) is 0 Å². The first-order chi connectivity index (χ1) is 12.1. The van der Waals surface area contributed by atoms with Gasteiger partial charge in [-0.25, -0.2) is 9.80 Å². The molecule has 0 spiro atoms. The van der Waals surface area contributed by atoms with Crippen LogP contribution in [0.5, 0.6) is 0 Å². The lowest BCUT2D eigenvalue weighted by atomic mass is 10.1. The van der Waals surface area contributed by atoms with Crippen LogP contribution in [0, 0.1) is 6.92 Å². The minimum Gasteiger partial charge on any atom is -0.452 e. The van der Waals surface area contributed by atoms with E-state index in [1.54, 1.807) is 25.1 Å². The monoisotopic (exact) mass is 337 g/mol. The molecule has 128 valence electrons. The zero-order chi connectivity index (χ0) is 17.8. The lowest BCUT2D eigenvalue weighted by Gasteiger charge is -2.12. The normalized spacial score (nSPS) is 13.5. The van der Waals surface area contributed by atoms with E-state index < -0.39 is 5.97 Å². The summed E-state index contributed by atoms with van der Waals surface area (Å²) < 4.78 is 5.10. The number of esters is 1. The highest BCUT2D eigenvalue weighted by atomic mass is 16.5. The van der Waals surface area contributed by atoms with Crippen molar-refractivity contribution in [1.82, 2.24) is 5.01 Å². The van der Waals surface area contributed by atoms with E-state index >= 15 is 0 Å². The maximum atomic E-state index is 12.2. The number of hydrogen-bond acceptors (Lipinski definition) is 5. The molecule has 0 aliphatic carbocycles. The molecule has 1 aliphatic rings. The molecule has 0 aromatic heterocycles. The van der Waals surface area contributed by atoms with Crippen LogP contribution < -0.4 is 5.73 Å². The fourth-order valence-electron chi connectivity index (χ4n) is 2.61. The largest absolute Gasteiger partial charge is 0.452 e. The topological polar surface area (TPSA) is 85.0 Å². The number of hydrazone groups is 1. The Hall–Kier alpha value is -3.15. The highest BCUT2D eigenvalue weighted by Gasteiger charge is 2.23. The van der Waals surface area contributed by atoms with E-state index in [1.165, 1.54) is 5.01 Å². The van der Waals surface area contributed by atoms with Gasteiger partial charge >= 0.3 is 5.97 Å². The van der Waals surface area contributed by atoms with Crippen LogP contribution in [0.25, 0.3) is 0 Å². The zero-order valence-corrected chi connectivity index (χ0v) is 13.9. The highest BCUT2D eigenvalue weighted by molar-refractivity contribution is 6.03. The Morgan fingerprint density at radius 1 is 1.16 bits per heavy atom. The lowest BCUT2D eigenvalue weighted by molar-refractivity contribution is -0.134. The van der Waals surface area contributed by atoms with E-state index in [4.69, 9.17) is 10.5 Å². The Labute approximate surface area is 145 Å². The summed E-state index contributed by atoms with van der Waals surface area (Å²) in [5, 5.41) is 5.67. The van der Waals surface area contributed by atoms with Crippen LogP contribution in [-0.2, 0) is 9.53 Å². The molecule has 0 unspecified atom stereocenters. The smallest absolute Gasteiger partial charge is 0.340 e. The molecule has 6 nitrogen and oxygen atoms in total. The molecule has 25 heavy (non-hydrogen) atoms. The third-order valence-corrected chi connectivity index (χ3v) is 4.07. The summed E-state index contributed by atoms with van der Waals surface area (Å²) in [6, 6.07) is 14.8. The second-order valence-electron chi connectivity index (χ2n) is 5.79. The van der Waals surface area contributed by atoms with E-state index in [1.807, 2.05) is 30.3 Å². The molecule has 0 radical (unpaired) electrons. The SMILES string of the molecule is Cc1cccc(C(=O)OCC(=O)N2CCC(c3ccccc3)=N2)c1N. The van der Waals surface area contributed by atoms with Crippen molar-refractivity contribution in [3.63, 3.8) is 0 Å². The minimum atomic E-state index is -0.610. The third kappa shape index (κ3) is 3.68. The van der Waals surface area contributed by atoms with Crippen LogP contribution in [0.4, 0.5) is 5.69 Å². The second-order valence-corrected chi connectivity index (χ2v) is 5.79. The Balaban J connectivity index is 1.61. The first-order valence-electron chi connectivity index (χ1n) is 8.01. The van der Waals surface area contributed by atoms with Crippen molar-refractivity contribution < 1.29 is 14.3 Å². The minimum absolute atomic E-state index is 0.266. The summed E-state index contributed by atoms with van der Waals surface area (Å²) in [6.07, 6.45) is 0.675. The Kier molecular flexibility index (Phi) is 4.79. The quantitative estimate of drug-likeness (QED) is 0.685. The van der Waals surface area contributed by atoms with E-state index in [0.717, 1.165) is 16.8 Å². The maximum absolute atomic E-state index is 12.2. The lowest BCUT2D eigenvalue weighted by Crippen LogP contribution is -2.29. The number of rotatable bonds is 4. The highest BCUT2D eigenvalue weighted by Crippen LogP contribution is 2.18. The molecular formula is C19H19N3O3. The van der Waals surface area contributed by atoms with E-state index in [9.17, 15) is 9.59 Å². The summed E-state index contributed by atoms with van der Waals surface area (Å²) in [7, 11) is 0. The first kappa shape index (κ1) is 16.7. The van der Waals surface area contributed by atoms with Crippen LogP contribution >= 0.6 is 0 Å². The maximum Gasteiger partial charge on any atom is 0.340 e. The fourth-order valence-corrected chi connectivity index (χ4v) is 2.61. The molecule has 0 atom stereocenters. The predicted molar refractivity (Wildman–Crippen MR) is 95.2 cm³/mol. The number of para-hydroxylation sites is 1. The van der Waals surface area contributed by atoms with Crippen molar-refractivity contribution in [3.05, 3.63) is 65.2 Å². The van der Waals surface area contributed by atoms with E-state index in [2.05, 4.69) is 5.10 Å². The Morgan fingerprint density at radius 3 is 2.68 bits per heavy atom. The fraction of sp³-hybridized carbons (Fsp3) is 0.211. The molecule has 0 saturated heterocycles. The van der Waals surface area contributed by atoms with Gasteiger partial charge in [-0.1, -0.05) is 42.5 Å². The van der Waals surface area contributed by atoms with Crippen molar-refractivity contribution in [1.29, 1.82) is 0 Å². The number of nitrogens with zero attached hydrogens (tertiary/aromatic N) is 2. The average Bonchev–Trinajstić information content (AvgIpc) is 3.13. The van der Waals surface area contributed by atoms with E-state index in [0.29, 0.717) is 18.7 Å². The van der Waals surface area contributed by atoms with Crippen LogP contribution in [0.3, 0.4) is 0 Å². The number of carbonyl (C=O) groups is 2. The molecule has 0 saturated carbocycles. The van der Waals surface area contributed by atoms with Gasteiger partial charge in [-0.05, 0) is 24.1 Å². The molecule has 2 N–H and O–H groups in total. The number of ether oxygens (including phenoxy) is 1. The Bertz CT molecular complexity index is 831. The molecule has 1 aliphatic heterocycles. The van der Waals surface area contributed by atoms with Crippen LogP contribution in [0.15, 0.2) is 53.6 Å². The van der Waals surface area contributed by atoms with Crippen LogP contribution in [0.1, 0.15) is 27.9 Å². The van der Waals surface area contributed by atoms with Gasteiger partial charge in [-0.3, -0.25) is 4.79 Å². The molecule has 3 rings (SSSR count). The number of anilines is 1. The van der Waals surface area contributed by atoms with Crippen molar-refractivity contribution in [2.45, 2.75) is 13.3 Å². The summed E-state index contributed by atoms with van der Waals surface area (Å²) in [4.78, 5) is 24.3. The van der Waals surface area contributed by atoms with Gasteiger partial charge in [0, 0.05) is 12.1 Å². The van der Waals surface area contributed by atoms with Gasteiger partial charge in [0.25, 0.3) is 5.91 Å². The number of nitrogen functional groups attached to an aromatic ring is 1. The summed E-state index contributed by atoms with van der Waals surface area (Å²) in [6.45, 7) is 1.92. The third-order valence-electron chi connectivity index (χ3n) is 4.07. The number of amides is 1. The number of carbonyl (C=O) groups excluding carboxylic acids is 2. The standard InChI is InChI=1S/C19H19N3O3/c1-13-6-5-9-15(18(13)20)19(24)25-12-17(23)22-11-10-16(21-22)14-7-3-2-4-8-14/h2-9H,10-12,20H2,1H3. The molecule has 1 amide bonds. The van der Waals surface area contributed by atoms with Gasteiger partial charge in [0.2, 0.25) is 0 Å². The van der Waals surface area contributed by atoms with Gasteiger partial charge in [0.05, 0.1) is 17.8 Å². The van der Waals surface area contributed by atoms with Gasteiger partial charge < -0.3 is 10.5 Å². The molecule has 2 aromatic carbocycles. The molecule has 6 heteroatoms. The zero-order valence-electron chi connectivity index (χ0n) is 13.9. The van der Waals surface area contributed by atoms with Gasteiger partial charge in [-0.2, -0.15) is 5.10 Å².